The van der Waals surface area contributed by atoms with E-state index in [1.165, 1.54) is 16.8 Å². The Bertz CT molecular complexity index is 996. The number of amides is 1. The van der Waals surface area contributed by atoms with Crippen LogP contribution in [0.25, 0.3) is 11.4 Å². The minimum atomic E-state index is -0.322. The minimum absolute atomic E-state index is 0.0925. The highest BCUT2D eigenvalue weighted by atomic mass is 35.5. The zero-order valence-electron chi connectivity index (χ0n) is 14.7. The molecule has 1 heterocycles. The Kier molecular flexibility index (Phi) is 6.43. The number of hydrogen-bond donors (Lipinski definition) is 2. The summed E-state index contributed by atoms with van der Waals surface area (Å²) in [4.78, 5) is 12.2. The van der Waals surface area contributed by atoms with E-state index in [0.717, 1.165) is 17.3 Å². The van der Waals surface area contributed by atoms with Gasteiger partial charge in [0.25, 0.3) is 0 Å². The Morgan fingerprint density at radius 2 is 1.96 bits per heavy atom. The Hall–Kier alpha value is -2.29. The van der Waals surface area contributed by atoms with Crippen molar-refractivity contribution in [2.24, 2.45) is 0 Å². The molecule has 6 nitrogen and oxygen atoms in total. The fraction of sp³-hybridized carbons (Fsp3) is 0.167. The van der Waals surface area contributed by atoms with Crippen LogP contribution in [0.15, 0.2) is 47.6 Å². The molecule has 0 saturated heterocycles. The van der Waals surface area contributed by atoms with E-state index in [-0.39, 0.29) is 23.5 Å². The van der Waals surface area contributed by atoms with Crippen LogP contribution in [-0.4, -0.2) is 26.5 Å². The molecule has 1 amide bonds. The third-order valence-corrected chi connectivity index (χ3v) is 5.41. The highest BCUT2D eigenvalue weighted by Gasteiger charge is 2.17. The number of nitrogens with two attached hydrogens (primary N) is 1. The number of nitrogens with one attached hydrogen (secondary N) is 1. The van der Waals surface area contributed by atoms with Gasteiger partial charge in [0.05, 0.1) is 16.8 Å². The van der Waals surface area contributed by atoms with Gasteiger partial charge in [-0.05, 0) is 42.8 Å². The average molecular weight is 440 g/mol. The molecule has 0 fully saturated rings. The van der Waals surface area contributed by atoms with E-state index in [1.807, 2.05) is 6.92 Å². The lowest BCUT2D eigenvalue weighted by Gasteiger charge is -2.14. The van der Waals surface area contributed by atoms with Crippen LogP contribution in [0.4, 0.5) is 4.39 Å². The summed E-state index contributed by atoms with van der Waals surface area (Å²) in [6.45, 7) is 1.82. The number of nitrogens with zero attached hydrogens (tertiary/aromatic N) is 3. The Morgan fingerprint density at radius 1 is 1.25 bits per heavy atom. The van der Waals surface area contributed by atoms with Crippen LogP contribution >= 0.6 is 35.0 Å². The average Bonchev–Trinajstić information content (AvgIpc) is 3.01. The Morgan fingerprint density at radius 3 is 2.64 bits per heavy atom. The Balaban J connectivity index is 1.62. The molecule has 0 aliphatic carbocycles. The van der Waals surface area contributed by atoms with Gasteiger partial charge in [0.2, 0.25) is 11.1 Å². The normalized spacial score (nSPS) is 12.0. The van der Waals surface area contributed by atoms with E-state index >= 15 is 0 Å². The monoisotopic (exact) mass is 439 g/mol. The molecule has 1 aromatic heterocycles. The molecule has 3 rings (SSSR count). The number of hydrogen-bond acceptors (Lipinski definition) is 5. The molecule has 10 heteroatoms. The highest BCUT2D eigenvalue weighted by Crippen LogP contribution is 2.30. The highest BCUT2D eigenvalue weighted by molar-refractivity contribution is 7.99. The Labute approximate surface area is 175 Å². The van der Waals surface area contributed by atoms with E-state index in [0.29, 0.717) is 26.6 Å². The summed E-state index contributed by atoms with van der Waals surface area (Å²) in [5.41, 5.74) is 1.39. The van der Waals surface area contributed by atoms with Crippen molar-refractivity contribution in [2.75, 3.05) is 11.6 Å². The zero-order chi connectivity index (χ0) is 20.3. The van der Waals surface area contributed by atoms with Crippen LogP contribution in [0.2, 0.25) is 10.0 Å². The number of aromatic nitrogens is 3. The van der Waals surface area contributed by atoms with E-state index in [2.05, 4.69) is 15.5 Å². The summed E-state index contributed by atoms with van der Waals surface area (Å²) >= 11 is 13.2. The molecule has 0 bridgehead atoms. The molecule has 0 saturated carbocycles. The van der Waals surface area contributed by atoms with Crippen LogP contribution in [0.1, 0.15) is 18.5 Å². The maximum atomic E-state index is 13.0. The first-order valence-electron chi connectivity index (χ1n) is 8.18. The van der Waals surface area contributed by atoms with Crippen LogP contribution in [0.5, 0.6) is 0 Å². The van der Waals surface area contributed by atoms with Gasteiger partial charge in [-0.1, -0.05) is 47.1 Å². The van der Waals surface area contributed by atoms with Gasteiger partial charge in [0, 0.05) is 10.6 Å². The molecule has 3 aromatic rings. The number of carbonyl (C=O) groups is 1. The first kappa shape index (κ1) is 20.4. The molecule has 1 atom stereocenters. The summed E-state index contributed by atoms with van der Waals surface area (Å²) in [6.07, 6.45) is 0. The van der Waals surface area contributed by atoms with E-state index < -0.39 is 0 Å². The molecule has 0 radical (unpaired) electrons. The maximum absolute atomic E-state index is 13.0. The van der Waals surface area contributed by atoms with Crippen molar-refractivity contribution in [3.8, 4) is 11.4 Å². The van der Waals surface area contributed by atoms with Gasteiger partial charge in [-0.25, -0.2) is 9.07 Å². The smallest absolute Gasteiger partial charge is 0.230 e. The summed E-state index contributed by atoms with van der Waals surface area (Å²) in [5.74, 6) is 5.97. The van der Waals surface area contributed by atoms with Crippen LogP contribution < -0.4 is 11.2 Å². The van der Waals surface area contributed by atoms with Crippen LogP contribution in [-0.2, 0) is 4.79 Å². The van der Waals surface area contributed by atoms with Crippen molar-refractivity contribution in [3.05, 3.63) is 63.9 Å². The molecule has 1 unspecified atom stereocenters. The fourth-order valence-electron chi connectivity index (χ4n) is 2.48. The molecular formula is C18H16Cl2FN5OS. The van der Waals surface area contributed by atoms with Crippen molar-refractivity contribution < 1.29 is 9.18 Å². The van der Waals surface area contributed by atoms with Crippen molar-refractivity contribution in [1.29, 1.82) is 0 Å². The number of nitrogen functional groups attached to an aromatic ring is 1. The lowest BCUT2D eigenvalue weighted by Crippen LogP contribution is -2.28. The summed E-state index contributed by atoms with van der Waals surface area (Å²) in [5, 5.41) is 12.2. The molecule has 28 heavy (non-hydrogen) atoms. The summed E-state index contributed by atoms with van der Waals surface area (Å²) in [7, 11) is 0. The van der Waals surface area contributed by atoms with E-state index in [4.69, 9.17) is 29.0 Å². The SMILES string of the molecule is CC(NC(=O)CSc1nnc(-c2ccc(Cl)cc2Cl)n1N)c1ccc(F)cc1. The molecule has 0 aliphatic rings. The topological polar surface area (TPSA) is 85.8 Å². The number of halogens is 3. The molecule has 3 N–H and O–H groups in total. The second-order valence-electron chi connectivity index (χ2n) is 5.93. The van der Waals surface area contributed by atoms with Crippen molar-refractivity contribution in [1.82, 2.24) is 20.2 Å². The van der Waals surface area contributed by atoms with Crippen molar-refractivity contribution in [3.63, 3.8) is 0 Å². The number of benzene rings is 2. The predicted octanol–water partition coefficient (Wildman–Crippen LogP) is 4.07. The molecule has 0 spiro atoms. The van der Waals surface area contributed by atoms with Gasteiger partial charge in [0.15, 0.2) is 5.82 Å². The largest absolute Gasteiger partial charge is 0.349 e. The fourth-order valence-corrected chi connectivity index (χ4v) is 3.64. The maximum Gasteiger partial charge on any atom is 0.230 e. The third-order valence-electron chi connectivity index (χ3n) is 3.92. The van der Waals surface area contributed by atoms with Gasteiger partial charge in [-0.3, -0.25) is 4.79 Å². The van der Waals surface area contributed by atoms with Gasteiger partial charge >= 0.3 is 0 Å². The van der Waals surface area contributed by atoms with Gasteiger partial charge in [0.1, 0.15) is 5.82 Å². The first-order chi connectivity index (χ1) is 13.3. The summed E-state index contributed by atoms with van der Waals surface area (Å²) in [6, 6.07) is 10.7. The first-order valence-corrected chi connectivity index (χ1v) is 9.93. The van der Waals surface area contributed by atoms with E-state index in [9.17, 15) is 9.18 Å². The lowest BCUT2D eigenvalue weighted by molar-refractivity contribution is -0.119. The lowest BCUT2D eigenvalue weighted by atomic mass is 10.1. The van der Waals surface area contributed by atoms with Crippen LogP contribution in [0.3, 0.4) is 0 Å². The second kappa shape index (κ2) is 8.81. The second-order valence-corrected chi connectivity index (χ2v) is 7.72. The van der Waals surface area contributed by atoms with Gasteiger partial charge in [-0.15, -0.1) is 10.2 Å². The molecule has 0 aliphatic heterocycles. The number of rotatable bonds is 6. The quantitative estimate of drug-likeness (QED) is 0.446. The minimum Gasteiger partial charge on any atom is -0.349 e. The molecule has 2 aromatic carbocycles. The van der Waals surface area contributed by atoms with Crippen molar-refractivity contribution >= 4 is 40.9 Å². The van der Waals surface area contributed by atoms with Crippen molar-refractivity contribution in [2.45, 2.75) is 18.1 Å². The van der Waals surface area contributed by atoms with Crippen LogP contribution in [0, 0.1) is 5.82 Å². The summed E-state index contributed by atoms with van der Waals surface area (Å²) < 4.78 is 14.3. The number of carbonyl (C=O) groups excluding carboxylic acids is 1. The number of thioether (sulfide) groups is 1. The third kappa shape index (κ3) is 4.76. The predicted molar refractivity (Wildman–Crippen MR) is 109 cm³/mol. The molecule has 146 valence electrons. The van der Waals surface area contributed by atoms with Gasteiger partial charge < -0.3 is 11.2 Å². The molecular weight excluding hydrogens is 424 g/mol. The van der Waals surface area contributed by atoms with E-state index in [1.54, 1.807) is 30.3 Å². The van der Waals surface area contributed by atoms with Gasteiger partial charge in [-0.2, -0.15) is 0 Å². The zero-order valence-corrected chi connectivity index (χ0v) is 17.0. The standard InChI is InChI=1S/C18H16Cl2FN5OS/c1-10(11-2-5-13(21)6-3-11)23-16(27)9-28-18-25-24-17(26(18)22)14-7-4-12(19)8-15(14)20/h2-8,10H,9,22H2,1H3,(H,23,27).